The van der Waals surface area contributed by atoms with Crippen LogP contribution in [-0.4, -0.2) is 25.3 Å². The van der Waals surface area contributed by atoms with Gasteiger partial charge in [-0.25, -0.2) is 4.79 Å². The van der Waals surface area contributed by atoms with E-state index in [0.717, 1.165) is 16.7 Å². The van der Waals surface area contributed by atoms with E-state index in [2.05, 4.69) is 42.5 Å². The number of anilines is 1. The third-order valence-corrected chi connectivity index (χ3v) is 6.21. The fourth-order valence-electron chi connectivity index (χ4n) is 4.52. The zero-order chi connectivity index (χ0) is 24.1. The normalized spacial score (nSPS) is 15.5. The van der Waals surface area contributed by atoms with Crippen LogP contribution in [0, 0.1) is 11.3 Å². The molecule has 0 N–H and O–H groups in total. The van der Waals surface area contributed by atoms with Crippen molar-refractivity contribution in [3.8, 4) is 6.07 Å². The topological polar surface area (TPSA) is 62.6 Å². The summed E-state index contributed by atoms with van der Waals surface area (Å²) in [5.74, 6) is 0. The molecule has 0 bridgehead atoms. The smallest absolute Gasteiger partial charge is 0.414 e. The summed E-state index contributed by atoms with van der Waals surface area (Å²) < 4.78 is 12.5. The molecule has 5 heteroatoms. The lowest BCUT2D eigenvalue weighted by atomic mass is 9.80. The van der Waals surface area contributed by atoms with Crippen molar-refractivity contribution in [3.63, 3.8) is 0 Å². The standard InChI is InChI=1S/C30H24N2O3/c31-20-23-16-18-27(19-17-23)32-21-28(35-29(32)33)22-34-30(24-10-4-1-5-11-24,25-12-6-2-7-13-25)26-14-8-3-9-15-26/h1-19,28H,21-22H2/t28-/m0/s1. The monoisotopic (exact) mass is 460 g/mol. The average molecular weight is 461 g/mol. The quantitative estimate of drug-likeness (QED) is 0.323. The zero-order valence-corrected chi connectivity index (χ0v) is 19.1. The molecule has 1 atom stereocenters. The molecule has 35 heavy (non-hydrogen) atoms. The van der Waals surface area contributed by atoms with Crippen LogP contribution in [0.3, 0.4) is 0 Å². The van der Waals surface area contributed by atoms with Crippen LogP contribution in [0.5, 0.6) is 0 Å². The Balaban J connectivity index is 1.47. The second-order valence-corrected chi connectivity index (χ2v) is 8.37. The van der Waals surface area contributed by atoms with Gasteiger partial charge in [0.1, 0.15) is 11.7 Å². The summed E-state index contributed by atoms with van der Waals surface area (Å²) >= 11 is 0. The molecule has 1 saturated heterocycles. The number of carbonyl (C=O) groups excluding carboxylic acids is 1. The van der Waals surface area contributed by atoms with E-state index in [9.17, 15) is 4.79 Å². The van der Waals surface area contributed by atoms with Gasteiger partial charge in [0.05, 0.1) is 24.8 Å². The van der Waals surface area contributed by atoms with E-state index in [1.165, 1.54) is 0 Å². The van der Waals surface area contributed by atoms with Crippen LogP contribution in [0.25, 0.3) is 0 Å². The van der Waals surface area contributed by atoms with Crippen molar-refractivity contribution >= 4 is 11.8 Å². The molecule has 1 amide bonds. The third-order valence-electron chi connectivity index (χ3n) is 6.21. The number of nitrogens with zero attached hydrogens (tertiary/aromatic N) is 2. The minimum atomic E-state index is -0.877. The summed E-state index contributed by atoms with van der Waals surface area (Å²) in [6.07, 6.45) is -0.873. The van der Waals surface area contributed by atoms with Crippen molar-refractivity contribution in [1.29, 1.82) is 5.26 Å². The lowest BCUT2D eigenvalue weighted by Crippen LogP contribution is -2.36. The van der Waals surface area contributed by atoms with Gasteiger partial charge in [-0.05, 0) is 41.0 Å². The molecule has 172 valence electrons. The molecule has 1 heterocycles. The number of hydrogen-bond donors (Lipinski definition) is 0. The second-order valence-electron chi connectivity index (χ2n) is 8.37. The summed E-state index contributed by atoms with van der Waals surface area (Å²) in [7, 11) is 0. The van der Waals surface area contributed by atoms with Crippen molar-refractivity contribution in [3.05, 3.63) is 138 Å². The first kappa shape index (κ1) is 22.4. The first-order valence-corrected chi connectivity index (χ1v) is 11.5. The van der Waals surface area contributed by atoms with Crippen LogP contribution in [0.4, 0.5) is 10.5 Å². The molecule has 4 aromatic rings. The zero-order valence-electron chi connectivity index (χ0n) is 19.1. The maximum Gasteiger partial charge on any atom is 0.414 e. The van der Waals surface area contributed by atoms with Gasteiger partial charge >= 0.3 is 6.09 Å². The Bertz CT molecular complexity index is 1220. The maximum absolute atomic E-state index is 12.7. The van der Waals surface area contributed by atoms with Crippen LogP contribution >= 0.6 is 0 Å². The SMILES string of the molecule is N#Cc1ccc(N2C[C@@H](COC(c3ccccc3)(c3ccccc3)c3ccccc3)OC2=O)cc1. The Labute approximate surface area is 204 Å². The van der Waals surface area contributed by atoms with Crippen molar-refractivity contribution < 1.29 is 14.3 Å². The van der Waals surface area contributed by atoms with E-state index in [1.807, 2.05) is 54.6 Å². The maximum atomic E-state index is 12.7. The van der Waals surface area contributed by atoms with Crippen LogP contribution in [0.1, 0.15) is 22.3 Å². The van der Waals surface area contributed by atoms with Crippen molar-refractivity contribution in [2.24, 2.45) is 0 Å². The number of amides is 1. The van der Waals surface area contributed by atoms with E-state index in [-0.39, 0.29) is 6.61 Å². The van der Waals surface area contributed by atoms with E-state index in [0.29, 0.717) is 17.8 Å². The predicted octanol–water partition coefficient (Wildman–Crippen LogP) is 5.89. The Kier molecular flexibility index (Phi) is 6.30. The highest BCUT2D eigenvalue weighted by molar-refractivity contribution is 5.89. The molecule has 0 aromatic heterocycles. The number of nitriles is 1. The lowest BCUT2D eigenvalue weighted by molar-refractivity contribution is -0.0296. The summed E-state index contributed by atoms with van der Waals surface area (Å²) in [5, 5.41) is 9.04. The van der Waals surface area contributed by atoms with Gasteiger partial charge in [-0.3, -0.25) is 4.90 Å². The molecule has 0 radical (unpaired) electrons. The van der Waals surface area contributed by atoms with E-state index < -0.39 is 17.8 Å². The summed E-state index contributed by atoms with van der Waals surface area (Å²) in [4.78, 5) is 14.2. The van der Waals surface area contributed by atoms with Gasteiger partial charge in [-0.1, -0.05) is 91.0 Å². The van der Waals surface area contributed by atoms with Crippen LogP contribution in [0.2, 0.25) is 0 Å². The first-order chi connectivity index (χ1) is 17.2. The summed E-state index contributed by atoms with van der Waals surface area (Å²) in [6, 6.07) is 39.3. The molecule has 1 aliphatic rings. The van der Waals surface area contributed by atoms with Gasteiger partial charge in [-0.2, -0.15) is 5.26 Å². The Morgan fingerprint density at radius 3 is 1.74 bits per heavy atom. The van der Waals surface area contributed by atoms with Gasteiger partial charge in [0.2, 0.25) is 0 Å². The Hall–Kier alpha value is -4.40. The van der Waals surface area contributed by atoms with E-state index in [4.69, 9.17) is 14.7 Å². The second kappa shape index (κ2) is 9.84. The Morgan fingerprint density at radius 1 is 0.800 bits per heavy atom. The molecule has 0 spiro atoms. The van der Waals surface area contributed by atoms with Crippen LogP contribution in [0.15, 0.2) is 115 Å². The van der Waals surface area contributed by atoms with E-state index in [1.54, 1.807) is 29.2 Å². The minimum Gasteiger partial charge on any atom is -0.441 e. The summed E-state index contributed by atoms with van der Waals surface area (Å²) in [6.45, 7) is 0.566. The predicted molar refractivity (Wildman–Crippen MR) is 134 cm³/mol. The summed E-state index contributed by atoms with van der Waals surface area (Å²) in [5.41, 5.74) is 3.33. The van der Waals surface area contributed by atoms with Crippen LogP contribution in [-0.2, 0) is 15.1 Å². The molecule has 4 aromatic carbocycles. The molecule has 0 unspecified atom stereocenters. The van der Waals surface area contributed by atoms with Crippen molar-refractivity contribution in [2.75, 3.05) is 18.1 Å². The molecule has 5 nitrogen and oxygen atoms in total. The third kappa shape index (κ3) is 4.40. The van der Waals surface area contributed by atoms with Crippen molar-refractivity contribution in [2.45, 2.75) is 11.7 Å². The van der Waals surface area contributed by atoms with Crippen LogP contribution < -0.4 is 4.90 Å². The number of ether oxygens (including phenoxy) is 2. The molecule has 0 saturated carbocycles. The lowest BCUT2D eigenvalue weighted by Gasteiger charge is -2.36. The first-order valence-electron chi connectivity index (χ1n) is 11.5. The molecule has 0 aliphatic carbocycles. The number of rotatable bonds is 7. The van der Waals surface area contributed by atoms with Gasteiger partial charge in [0, 0.05) is 5.69 Å². The molecule has 5 rings (SSSR count). The highest BCUT2D eigenvalue weighted by atomic mass is 16.6. The fourth-order valence-corrected chi connectivity index (χ4v) is 4.52. The highest BCUT2D eigenvalue weighted by Gasteiger charge is 2.40. The molecule has 1 fully saturated rings. The molecular formula is C30H24N2O3. The number of benzene rings is 4. The minimum absolute atomic E-state index is 0.206. The fraction of sp³-hybridized carbons (Fsp3) is 0.133. The van der Waals surface area contributed by atoms with Gasteiger partial charge in [-0.15, -0.1) is 0 Å². The highest BCUT2D eigenvalue weighted by Crippen LogP contribution is 2.40. The van der Waals surface area contributed by atoms with Gasteiger partial charge in [0.25, 0.3) is 0 Å². The average Bonchev–Trinajstić information content (AvgIpc) is 3.31. The van der Waals surface area contributed by atoms with Gasteiger partial charge in [0.15, 0.2) is 0 Å². The van der Waals surface area contributed by atoms with E-state index >= 15 is 0 Å². The van der Waals surface area contributed by atoms with Gasteiger partial charge < -0.3 is 9.47 Å². The molecule has 1 aliphatic heterocycles. The number of cyclic esters (lactones) is 1. The largest absolute Gasteiger partial charge is 0.441 e. The molecular weight excluding hydrogens is 436 g/mol. The Morgan fingerprint density at radius 2 is 1.29 bits per heavy atom. The number of carbonyl (C=O) groups is 1. The van der Waals surface area contributed by atoms with Crippen molar-refractivity contribution in [1.82, 2.24) is 0 Å². The number of hydrogen-bond acceptors (Lipinski definition) is 4.